The summed E-state index contributed by atoms with van der Waals surface area (Å²) in [6.07, 6.45) is 4.22. The van der Waals surface area contributed by atoms with E-state index in [1.165, 1.54) is 11.8 Å². The maximum Gasteiger partial charge on any atom is 0.249 e. The van der Waals surface area contributed by atoms with Gasteiger partial charge in [0.2, 0.25) is 23.5 Å². The Morgan fingerprint density at radius 3 is 2.96 bits per heavy atom. The summed E-state index contributed by atoms with van der Waals surface area (Å²) in [5.74, 6) is 0.542. The Bertz CT molecular complexity index is 867. The summed E-state index contributed by atoms with van der Waals surface area (Å²) in [6, 6.07) is 6.92. The molecule has 0 N–H and O–H groups in total. The highest BCUT2D eigenvalue weighted by Crippen LogP contribution is 2.31. The van der Waals surface area contributed by atoms with Crippen LogP contribution in [0.2, 0.25) is 5.02 Å². The summed E-state index contributed by atoms with van der Waals surface area (Å²) >= 11 is 6.04. The molecule has 28 heavy (non-hydrogen) atoms. The molecule has 0 bridgehead atoms. The maximum atomic E-state index is 12.9. The SMILES string of the molecule is C=CCN(CC(=O)N1CCCC[C@H]1c1nc(-c2cccc(Cl)c2)no1)C(C)=O. The molecule has 0 aliphatic carbocycles. The van der Waals surface area contributed by atoms with Gasteiger partial charge in [-0.1, -0.05) is 35.0 Å². The molecule has 1 aromatic carbocycles. The van der Waals surface area contributed by atoms with E-state index in [4.69, 9.17) is 16.1 Å². The van der Waals surface area contributed by atoms with Crippen molar-refractivity contribution in [3.63, 3.8) is 0 Å². The average molecular weight is 403 g/mol. The number of hydrogen-bond acceptors (Lipinski definition) is 5. The molecule has 3 rings (SSSR count). The van der Waals surface area contributed by atoms with Crippen LogP contribution in [0.1, 0.15) is 38.1 Å². The highest BCUT2D eigenvalue weighted by atomic mass is 35.5. The molecular formula is C20H23ClN4O3. The highest BCUT2D eigenvalue weighted by molar-refractivity contribution is 6.30. The first-order chi connectivity index (χ1) is 13.5. The second-order valence-electron chi connectivity index (χ2n) is 6.75. The van der Waals surface area contributed by atoms with E-state index in [-0.39, 0.29) is 24.4 Å². The monoisotopic (exact) mass is 402 g/mol. The van der Waals surface area contributed by atoms with Crippen LogP contribution in [0.15, 0.2) is 41.4 Å². The molecular weight excluding hydrogens is 380 g/mol. The fourth-order valence-electron chi connectivity index (χ4n) is 3.32. The van der Waals surface area contributed by atoms with Crippen molar-refractivity contribution >= 4 is 23.4 Å². The van der Waals surface area contributed by atoms with Crippen LogP contribution in [0.4, 0.5) is 0 Å². The van der Waals surface area contributed by atoms with Gasteiger partial charge in [-0.2, -0.15) is 4.98 Å². The lowest BCUT2D eigenvalue weighted by Crippen LogP contribution is -2.45. The summed E-state index contributed by atoms with van der Waals surface area (Å²) in [4.78, 5) is 32.3. The van der Waals surface area contributed by atoms with Gasteiger partial charge in [0.25, 0.3) is 0 Å². The minimum absolute atomic E-state index is 0.00708. The van der Waals surface area contributed by atoms with Crippen LogP contribution in [0, 0.1) is 0 Å². The molecule has 0 unspecified atom stereocenters. The van der Waals surface area contributed by atoms with Gasteiger partial charge in [-0.15, -0.1) is 6.58 Å². The number of halogens is 1. The van der Waals surface area contributed by atoms with Gasteiger partial charge in [-0.25, -0.2) is 0 Å². The molecule has 1 aliphatic rings. The summed E-state index contributed by atoms with van der Waals surface area (Å²) < 4.78 is 5.48. The first-order valence-corrected chi connectivity index (χ1v) is 9.63. The third kappa shape index (κ3) is 4.59. The Labute approximate surface area is 169 Å². The number of likely N-dealkylation sites (tertiary alicyclic amines) is 1. The molecule has 1 aromatic heterocycles. The van der Waals surface area contributed by atoms with E-state index in [2.05, 4.69) is 16.7 Å². The molecule has 0 spiro atoms. The molecule has 2 heterocycles. The zero-order chi connectivity index (χ0) is 20.1. The van der Waals surface area contributed by atoms with Gasteiger partial charge in [0, 0.05) is 30.6 Å². The zero-order valence-electron chi connectivity index (χ0n) is 15.8. The largest absolute Gasteiger partial charge is 0.337 e. The van der Waals surface area contributed by atoms with E-state index in [1.54, 1.807) is 23.1 Å². The van der Waals surface area contributed by atoms with Crippen molar-refractivity contribution in [1.82, 2.24) is 19.9 Å². The number of piperidine rings is 1. The standard InChI is InChI=1S/C20H23ClN4O3/c1-3-10-24(14(2)26)13-18(27)25-11-5-4-9-17(25)20-22-19(23-28-20)15-7-6-8-16(21)12-15/h3,6-8,12,17H,1,4-5,9-11,13H2,2H3/t17-/m0/s1. The normalized spacial score (nSPS) is 16.6. The van der Waals surface area contributed by atoms with Crippen LogP contribution in [0.25, 0.3) is 11.4 Å². The molecule has 0 saturated carbocycles. The molecule has 1 saturated heterocycles. The summed E-state index contributed by atoms with van der Waals surface area (Å²) in [5, 5.41) is 4.64. The van der Waals surface area contributed by atoms with Crippen molar-refractivity contribution in [2.75, 3.05) is 19.6 Å². The predicted octanol–water partition coefficient (Wildman–Crippen LogP) is 3.48. The van der Waals surface area contributed by atoms with Crippen molar-refractivity contribution in [3.05, 3.63) is 47.8 Å². The molecule has 2 amide bonds. The molecule has 1 fully saturated rings. The van der Waals surface area contributed by atoms with Crippen LogP contribution in [0.5, 0.6) is 0 Å². The van der Waals surface area contributed by atoms with Crippen molar-refractivity contribution in [1.29, 1.82) is 0 Å². The van der Waals surface area contributed by atoms with Crippen molar-refractivity contribution in [3.8, 4) is 11.4 Å². The molecule has 2 aromatic rings. The van der Waals surface area contributed by atoms with E-state index < -0.39 is 0 Å². The van der Waals surface area contributed by atoms with Crippen LogP contribution in [-0.2, 0) is 9.59 Å². The maximum absolute atomic E-state index is 12.9. The number of benzene rings is 1. The second kappa shape index (κ2) is 9.01. The van der Waals surface area contributed by atoms with E-state index in [9.17, 15) is 9.59 Å². The Hall–Kier alpha value is -2.67. The van der Waals surface area contributed by atoms with Gasteiger partial charge in [0.1, 0.15) is 12.6 Å². The number of nitrogens with zero attached hydrogens (tertiary/aromatic N) is 4. The highest BCUT2D eigenvalue weighted by Gasteiger charge is 2.33. The van der Waals surface area contributed by atoms with E-state index in [1.807, 2.05) is 12.1 Å². The number of carbonyl (C=O) groups is 2. The zero-order valence-corrected chi connectivity index (χ0v) is 16.6. The van der Waals surface area contributed by atoms with Gasteiger partial charge in [-0.05, 0) is 31.4 Å². The molecule has 1 atom stereocenters. The number of aromatic nitrogens is 2. The van der Waals surface area contributed by atoms with Crippen molar-refractivity contribution in [2.24, 2.45) is 0 Å². The van der Waals surface area contributed by atoms with E-state index in [0.717, 1.165) is 24.8 Å². The molecule has 1 aliphatic heterocycles. The quantitative estimate of drug-likeness (QED) is 0.691. The predicted molar refractivity (Wildman–Crippen MR) is 106 cm³/mol. The van der Waals surface area contributed by atoms with E-state index >= 15 is 0 Å². The fraction of sp³-hybridized carbons (Fsp3) is 0.400. The van der Waals surface area contributed by atoms with Crippen LogP contribution >= 0.6 is 11.6 Å². The third-order valence-corrected chi connectivity index (χ3v) is 4.99. The first-order valence-electron chi connectivity index (χ1n) is 9.25. The van der Waals surface area contributed by atoms with E-state index in [0.29, 0.717) is 29.8 Å². The van der Waals surface area contributed by atoms with Crippen LogP contribution in [-0.4, -0.2) is 51.4 Å². The minimum Gasteiger partial charge on any atom is -0.337 e. The van der Waals surface area contributed by atoms with Gasteiger partial charge < -0.3 is 14.3 Å². The topological polar surface area (TPSA) is 79.5 Å². The number of rotatable bonds is 6. The Morgan fingerprint density at radius 2 is 2.25 bits per heavy atom. The minimum atomic E-state index is -0.292. The number of hydrogen-bond donors (Lipinski definition) is 0. The Kier molecular flexibility index (Phi) is 6.46. The smallest absolute Gasteiger partial charge is 0.249 e. The lowest BCUT2D eigenvalue weighted by molar-refractivity contribution is -0.142. The Balaban J connectivity index is 1.79. The molecule has 148 valence electrons. The fourth-order valence-corrected chi connectivity index (χ4v) is 3.51. The lowest BCUT2D eigenvalue weighted by atomic mass is 10.0. The summed E-state index contributed by atoms with van der Waals surface area (Å²) in [7, 11) is 0. The van der Waals surface area contributed by atoms with Crippen LogP contribution in [0.3, 0.4) is 0 Å². The summed E-state index contributed by atoms with van der Waals surface area (Å²) in [6.45, 7) is 6.02. The summed E-state index contributed by atoms with van der Waals surface area (Å²) in [5.41, 5.74) is 0.755. The third-order valence-electron chi connectivity index (χ3n) is 4.75. The average Bonchev–Trinajstić information content (AvgIpc) is 3.17. The van der Waals surface area contributed by atoms with Gasteiger partial charge in [-0.3, -0.25) is 9.59 Å². The molecule has 0 radical (unpaired) electrons. The van der Waals surface area contributed by atoms with Gasteiger partial charge in [0.05, 0.1) is 0 Å². The van der Waals surface area contributed by atoms with Gasteiger partial charge in [0.15, 0.2) is 0 Å². The lowest BCUT2D eigenvalue weighted by Gasteiger charge is -2.34. The van der Waals surface area contributed by atoms with Gasteiger partial charge >= 0.3 is 0 Å². The molecule has 7 nitrogen and oxygen atoms in total. The second-order valence-corrected chi connectivity index (χ2v) is 7.19. The molecule has 8 heteroatoms. The van der Waals surface area contributed by atoms with Crippen LogP contribution < -0.4 is 0 Å². The van der Waals surface area contributed by atoms with Crippen molar-refractivity contribution in [2.45, 2.75) is 32.2 Å². The number of amides is 2. The first kappa shape index (κ1) is 20.1. The Morgan fingerprint density at radius 1 is 1.43 bits per heavy atom. The number of carbonyl (C=O) groups excluding carboxylic acids is 2. The van der Waals surface area contributed by atoms with Crippen molar-refractivity contribution < 1.29 is 14.1 Å².